The molecular formula is C26H24N4O3. The summed E-state index contributed by atoms with van der Waals surface area (Å²) < 4.78 is 5.96. The van der Waals surface area contributed by atoms with Crippen molar-refractivity contribution in [3.63, 3.8) is 0 Å². The maximum absolute atomic E-state index is 11.7. The van der Waals surface area contributed by atoms with Crippen molar-refractivity contribution in [2.45, 2.75) is 39.3 Å². The molecule has 0 heterocycles. The Morgan fingerprint density at radius 1 is 1.18 bits per heavy atom. The summed E-state index contributed by atoms with van der Waals surface area (Å²) in [5.74, 6) is 0.323. The first kappa shape index (κ1) is 23.4. The lowest BCUT2D eigenvalue weighted by Gasteiger charge is -2.16. The quantitative estimate of drug-likeness (QED) is 0.179. The molecule has 0 fully saturated rings. The summed E-state index contributed by atoms with van der Waals surface area (Å²) in [6, 6.07) is 19.3. The molecule has 0 aliphatic heterocycles. The van der Waals surface area contributed by atoms with Crippen molar-refractivity contribution in [1.82, 2.24) is 0 Å². The fraction of sp³-hybridized carbons (Fsp3) is 0.231. The van der Waals surface area contributed by atoms with E-state index in [1.807, 2.05) is 31.2 Å². The minimum absolute atomic E-state index is 0.0226. The monoisotopic (exact) mass is 440 g/mol. The van der Waals surface area contributed by atoms with E-state index in [2.05, 4.69) is 16.1 Å². The van der Waals surface area contributed by atoms with Crippen LogP contribution >= 0.6 is 0 Å². The predicted octanol–water partition coefficient (Wildman–Crippen LogP) is 6.40. The van der Waals surface area contributed by atoms with E-state index in [-0.39, 0.29) is 23.7 Å². The Balaban J connectivity index is 1.83. The second-order valence-corrected chi connectivity index (χ2v) is 7.58. The number of aromatic hydroxyl groups is 1. The molecule has 1 N–H and O–H groups in total. The molecule has 0 aliphatic rings. The number of carbonyl (C=O) groups excluding carboxylic acids is 1. The Morgan fingerprint density at radius 3 is 2.55 bits per heavy atom. The number of azide groups is 1. The normalized spacial score (nSPS) is 11.2. The van der Waals surface area contributed by atoms with Crippen molar-refractivity contribution < 1.29 is 14.6 Å². The summed E-state index contributed by atoms with van der Waals surface area (Å²) in [6.45, 7) is 3.68. The average molecular weight is 441 g/mol. The fourth-order valence-electron chi connectivity index (χ4n) is 3.68. The van der Waals surface area contributed by atoms with Gasteiger partial charge in [-0.1, -0.05) is 60.9 Å². The van der Waals surface area contributed by atoms with Crippen LogP contribution in [0.5, 0.6) is 11.5 Å². The molecule has 0 spiro atoms. The van der Waals surface area contributed by atoms with Gasteiger partial charge in [-0.3, -0.25) is 4.79 Å². The number of benzene rings is 3. The Labute approximate surface area is 192 Å². The molecule has 0 saturated heterocycles. The van der Waals surface area contributed by atoms with Crippen LogP contribution in [0.4, 0.5) is 0 Å². The number of rotatable bonds is 9. The molecular weight excluding hydrogens is 416 g/mol. The summed E-state index contributed by atoms with van der Waals surface area (Å²) in [5.41, 5.74) is 12.7. The Kier molecular flexibility index (Phi) is 7.69. The summed E-state index contributed by atoms with van der Waals surface area (Å²) in [5, 5.41) is 23.8. The number of ketones is 1. The van der Waals surface area contributed by atoms with Crippen LogP contribution in [0.1, 0.15) is 64.5 Å². The topological polar surface area (TPSA) is 119 Å². The molecule has 166 valence electrons. The highest BCUT2D eigenvalue weighted by Crippen LogP contribution is 2.34. The number of Topliss-reactive ketones (excluding diaryl/α,β-unsaturated/α-hetero) is 1. The van der Waals surface area contributed by atoms with E-state index < -0.39 is 6.04 Å². The summed E-state index contributed by atoms with van der Waals surface area (Å²) >= 11 is 0. The lowest BCUT2D eigenvalue weighted by Crippen LogP contribution is -2.03. The minimum atomic E-state index is -0.618. The second kappa shape index (κ2) is 10.9. The molecule has 1 atom stereocenters. The van der Waals surface area contributed by atoms with Gasteiger partial charge in [0.25, 0.3) is 0 Å². The number of phenols is 1. The van der Waals surface area contributed by atoms with Crippen LogP contribution in [0.2, 0.25) is 0 Å². The van der Waals surface area contributed by atoms with E-state index in [9.17, 15) is 15.2 Å². The van der Waals surface area contributed by atoms with E-state index in [0.29, 0.717) is 28.9 Å². The smallest absolute Gasteiger partial charge is 0.163 e. The zero-order valence-electron chi connectivity index (χ0n) is 18.5. The van der Waals surface area contributed by atoms with Crippen molar-refractivity contribution >= 4 is 5.78 Å². The van der Waals surface area contributed by atoms with Gasteiger partial charge in [0.2, 0.25) is 0 Å². The van der Waals surface area contributed by atoms with Crippen molar-refractivity contribution in [2.24, 2.45) is 5.11 Å². The molecule has 0 saturated carbocycles. The van der Waals surface area contributed by atoms with E-state index in [1.165, 1.54) is 6.92 Å². The van der Waals surface area contributed by atoms with Crippen molar-refractivity contribution in [3.8, 4) is 17.6 Å². The second-order valence-electron chi connectivity index (χ2n) is 7.58. The lowest BCUT2D eigenvalue weighted by atomic mass is 9.95. The van der Waals surface area contributed by atoms with Crippen LogP contribution in [-0.2, 0) is 13.0 Å². The molecule has 7 heteroatoms. The third-order valence-corrected chi connectivity index (χ3v) is 5.35. The van der Waals surface area contributed by atoms with Crippen molar-refractivity contribution in [3.05, 3.63) is 104 Å². The number of nitrogens with zero attached hydrogens (tertiary/aromatic N) is 4. The maximum Gasteiger partial charge on any atom is 0.163 e. The Hall–Kier alpha value is -4.27. The van der Waals surface area contributed by atoms with Crippen LogP contribution in [0.3, 0.4) is 0 Å². The number of hydrogen-bond donors (Lipinski definition) is 1. The van der Waals surface area contributed by atoms with Crippen LogP contribution in [0.15, 0.2) is 65.8 Å². The van der Waals surface area contributed by atoms with Gasteiger partial charge in [-0.25, -0.2) is 0 Å². The summed E-state index contributed by atoms with van der Waals surface area (Å²) in [7, 11) is 0. The van der Waals surface area contributed by atoms with Gasteiger partial charge in [-0.05, 0) is 53.8 Å². The van der Waals surface area contributed by atoms with Gasteiger partial charge in [-0.2, -0.15) is 5.26 Å². The van der Waals surface area contributed by atoms with E-state index in [0.717, 1.165) is 17.5 Å². The summed E-state index contributed by atoms with van der Waals surface area (Å²) in [4.78, 5) is 14.7. The highest BCUT2D eigenvalue weighted by molar-refractivity contribution is 5.97. The zero-order chi connectivity index (χ0) is 23.8. The minimum Gasteiger partial charge on any atom is -0.507 e. The van der Waals surface area contributed by atoms with Gasteiger partial charge in [0.15, 0.2) is 5.78 Å². The molecule has 33 heavy (non-hydrogen) atoms. The first-order chi connectivity index (χ1) is 16.0. The molecule has 0 radical (unpaired) electrons. The largest absolute Gasteiger partial charge is 0.507 e. The standard InChI is InChI=1S/C26H24N4O3/c1-3-6-23-24(14-13-21(17(2)31)26(23)32)33-16-18-9-11-19(12-10-18)25(29-30-28)22-8-5-4-7-20(22)15-27/h4-5,7-14,25,32H,3,6,16H2,1-2H3. The Morgan fingerprint density at radius 2 is 1.91 bits per heavy atom. The molecule has 0 aliphatic carbocycles. The molecule has 3 aromatic rings. The van der Waals surface area contributed by atoms with Crippen LogP contribution in [0, 0.1) is 11.3 Å². The van der Waals surface area contributed by atoms with Crippen molar-refractivity contribution in [2.75, 3.05) is 0 Å². The van der Waals surface area contributed by atoms with E-state index >= 15 is 0 Å². The Bertz CT molecular complexity index is 1240. The molecule has 7 nitrogen and oxygen atoms in total. The molecule has 1 unspecified atom stereocenters. The summed E-state index contributed by atoms with van der Waals surface area (Å²) in [6.07, 6.45) is 1.39. The molecule has 3 aromatic carbocycles. The van der Waals surface area contributed by atoms with E-state index in [1.54, 1.807) is 36.4 Å². The number of ether oxygens (including phenoxy) is 1. The zero-order valence-corrected chi connectivity index (χ0v) is 18.5. The third-order valence-electron chi connectivity index (χ3n) is 5.35. The van der Waals surface area contributed by atoms with E-state index in [4.69, 9.17) is 10.3 Å². The van der Waals surface area contributed by atoms with Gasteiger partial charge in [0.1, 0.15) is 18.1 Å². The maximum atomic E-state index is 11.7. The van der Waals surface area contributed by atoms with Crippen LogP contribution in [0.25, 0.3) is 10.4 Å². The molecule has 0 aromatic heterocycles. The van der Waals surface area contributed by atoms with Gasteiger partial charge in [-0.15, -0.1) is 0 Å². The number of hydrogen-bond acceptors (Lipinski definition) is 5. The fourth-order valence-corrected chi connectivity index (χ4v) is 3.68. The predicted molar refractivity (Wildman–Crippen MR) is 125 cm³/mol. The van der Waals surface area contributed by atoms with Crippen LogP contribution < -0.4 is 4.74 Å². The number of nitriles is 1. The third kappa shape index (κ3) is 5.32. The van der Waals surface area contributed by atoms with Gasteiger partial charge >= 0.3 is 0 Å². The highest BCUT2D eigenvalue weighted by Gasteiger charge is 2.17. The number of phenolic OH excluding ortho intramolecular Hbond substituents is 1. The van der Waals surface area contributed by atoms with Gasteiger partial charge < -0.3 is 9.84 Å². The SMILES string of the molecule is CCCc1c(OCc2ccc(C(N=[N+]=[N-])c3ccccc3C#N)cc2)ccc(C(C)=O)c1O. The molecule has 3 rings (SSSR count). The average Bonchev–Trinajstić information content (AvgIpc) is 2.83. The highest BCUT2D eigenvalue weighted by atomic mass is 16.5. The number of carbonyl (C=O) groups is 1. The van der Waals surface area contributed by atoms with Gasteiger partial charge in [0.05, 0.1) is 23.2 Å². The van der Waals surface area contributed by atoms with Crippen LogP contribution in [-0.4, -0.2) is 10.9 Å². The van der Waals surface area contributed by atoms with Crippen molar-refractivity contribution in [1.29, 1.82) is 5.26 Å². The van der Waals surface area contributed by atoms with Gasteiger partial charge in [0, 0.05) is 10.5 Å². The first-order valence-corrected chi connectivity index (χ1v) is 10.6. The molecule has 0 bridgehead atoms. The molecule has 0 amide bonds. The lowest BCUT2D eigenvalue weighted by molar-refractivity contribution is 0.101. The first-order valence-electron chi connectivity index (χ1n) is 10.6.